The summed E-state index contributed by atoms with van der Waals surface area (Å²) in [6.07, 6.45) is 8.89. The fourth-order valence-corrected chi connectivity index (χ4v) is 8.69. The number of piperazine rings is 1. The predicted molar refractivity (Wildman–Crippen MR) is 185 cm³/mol. The van der Waals surface area contributed by atoms with E-state index in [0.29, 0.717) is 73.2 Å². The molecule has 4 aromatic rings. The standard InChI is InChI=1S/C39H37F4N5O3/c1-2-26-30(40)6-3-22-13-25(49)14-27(31(22)26)32-28-17-50-18-29(28)33-35(34(32)41)45-38(46-37(33)48-15-23-4-5-24(16-48)44-23)51-20-39(9-10-39)19-47-11-7-21(8-12-47)36(42)43/h1,3,6,13-14,23-24,44,49H,4-5,7-12,15-20H2/t23-,24+. The highest BCUT2D eigenvalue weighted by Crippen LogP contribution is 2.49. The predicted octanol–water partition coefficient (Wildman–Crippen LogP) is 6.79. The van der Waals surface area contributed by atoms with Gasteiger partial charge in [0, 0.05) is 61.2 Å². The fraction of sp³-hybridized carbons (Fsp3) is 0.436. The lowest BCUT2D eigenvalue weighted by Gasteiger charge is -2.35. The van der Waals surface area contributed by atoms with Crippen molar-refractivity contribution in [1.29, 1.82) is 0 Å². The van der Waals surface area contributed by atoms with Crippen LogP contribution in [0.15, 0.2) is 35.9 Å². The van der Waals surface area contributed by atoms with E-state index >= 15 is 8.78 Å². The lowest BCUT2D eigenvalue weighted by atomic mass is 9.88. The Kier molecular flexibility index (Phi) is 7.87. The van der Waals surface area contributed by atoms with Gasteiger partial charge in [-0.1, -0.05) is 12.0 Å². The number of benzene rings is 3. The summed E-state index contributed by atoms with van der Waals surface area (Å²) in [6, 6.07) is 6.26. The Bertz CT molecular complexity index is 2150. The number of anilines is 1. The van der Waals surface area contributed by atoms with Crippen LogP contribution in [0.1, 0.15) is 55.2 Å². The summed E-state index contributed by atoms with van der Waals surface area (Å²) in [6.45, 7) is 3.87. The number of halogens is 4. The van der Waals surface area contributed by atoms with Gasteiger partial charge in [0.15, 0.2) is 5.82 Å². The van der Waals surface area contributed by atoms with E-state index in [1.165, 1.54) is 24.3 Å². The molecule has 2 atom stereocenters. The monoisotopic (exact) mass is 699 g/mol. The largest absolute Gasteiger partial charge is 0.508 e. The molecular weight excluding hydrogens is 662 g/mol. The Morgan fingerprint density at radius 2 is 1.78 bits per heavy atom. The molecule has 0 spiro atoms. The maximum absolute atomic E-state index is 17.5. The van der Waals surface area contributed by atoms with Crippen LogP contribution in [0.4, 0.5) is 23.4 Å². The van der Waals surface area contributed by atoms with Crippen molar-refractivity contribution in [3.63, 3.8) is 0 Å². The fourth-order valence-electron chi connectivity index (χ4n) is 8.69. The van der Waals surface area contributed by atoms with Gasteiger partial charge in [-0.05, 0) is 84.4 Å². The molecule has 1 saturated carbocycles. The van der Waals surface area contributed by atoms with Crippen molar-refractivity contribution in [2.45, 2.75) is 63.8 Å². The molecule has 2 bridgehead atoms. The number of phenolic OH excluding ortho intramolecular Hbond substituents is 1. The molecule has 3 saturated heterocycles. The van der Waals surface area contributed by atoms with E-state index in [9.17, 15) is 13.9 Å². The van der Waals surface area contributed by atoms with Crippen LogP contribution in [0.25, 0.3) is 32.8 Å². The van der Waals surface area contributed by atoms with E-state index < -0.39 is 17.7 Å². The van der Waals surface area contributed by atoms with Crippen molar-refractivity contribution < 1.29 is 32.1 Å². The number of nitrogens with zero attached hydrogens (tertiary/aromatic N) is 4. The highest BCUT2D eigenvalue weighted by Gasteiger charge is 2.45. The molecule has 0 amide bonds. The number of aromatic hydroxyl groups is 1. The first-order valence-corrected chi connectivity index (χ1v) is 17.6. The lowest BCUT2D eigenvalue weighted by molar-refractivity contribution is 0.135. The summed E-state index contributed by atoms with van der Waals surface area (Å²) in [5.74, 6) is 1.63. The lowest BCUT2D eigenvalue weighted by Crippen LogP contribution is -2.51. The van der Waals surface area contributed by atoms with Crippen molar-refractivity contribution in [1.82, 2.24) is 20.2 Å². The number of hydrogen-bond donors (Lipinski definition) is 2. The molecule has 1 aliphatic carbocycles. The Morgan fingerprint density at radius 1 is 1.04 bits per heavy atom. The van der Waals surface area contributed by atoms with Crippen LogP contribution in [0.2, 0.25) is 0 Å². The zero-order valence-electron chi connectivity index (χ0n) is 28.0. The number of hydrogen-bond acceptors (Lipinski definition) is 8. The van der Waals surface area contributed by atoms with Crippen molar-refractivity contribution in [2.75, 3.05) is 44.2 Å². The first-order chi connectivity index (χ1) is 24.7. The zero-order chi connectivity index (χ0) is 35.0. The third-order valence-corrected chi connectivity index (χ3v) is 11.5. The van der Waals surface area contributed by atoms with Gasteiger partial charge in [-0.25, -0.2) is 8.78 Å². The van der Waals surface area contributed by atoms with Gasteiger partial charge in [-0.2, -0.15) is 18.7 Å². The molecule has 4 fully saturated rings. The summed E-state index contributed by atoms with van der Waals surface area (Å²) in [5, 5.41) is 15.8. The molecule has 0 unspecified atom stereocenters. The zero-order valence-corrected chi connectivity index (χ0v) is 28.0. The van der Waals surface area contributed by atoms with Crippen LogP contribution < -0.4 is 15.0 Å². The molecule has 0 radical (unpaired) electrons. The second-order valence-corrected chi connectivity index (χ2v) is 14.8. The molecule has 5 heterocycles. The molecule has 12 heteroatoms. The highest BCUT2D eigenvalue weighted by atomic mass is 19.3. The van der Waals surface area contributed by atoms with Crippen LogP contribution in [-0.2, 0) is 18.0 Å². The maximum Gasteiger partial charge on any atom is 0.319 e. The molecule has 5 aliphatic rings. The van der Waals surface area contributed by atoms with Gasteiger partial charge in [0.05, 0.1) is 30.8 Å². The average molecular weight is 700 g/mol. The van der Waals surface area contributed by atoms with E-state index in [0.717, 1.165) is 37.8 Å². The van der Waals surface area contributed by atoms with Crippen LogP contribution in [-0.4, -0.2) is 71.4 Å². The molecule has 9 rings (SSSR count). The van der Waals surface area contributed by atoms with E-state index in [2.05, 4.69) is 21.0 Å². The average Bonchev–Trinajstić information content (AvgIpc) is 3.56. The Balaban J connectivity index is 1.16. The minimum absolute atomic E-state index is 0.0242. The number of likely N-dealkylation sites (tertiary alicyclic amines) is 1. The van der Waals surface area contributed by atoms with E-state index in [-0.39, 0.29) is 70.3 Å². The number of phenols is 1. The summed E-state index contributed by atoms with van der Waals surface area (Å²) in [4.78, 5) is 14.1. The Labute approximate surface area is 292 Å². The minimum atomic E-state index is -1.56. The second kappa shape index (κ2) is 12.4. The topological polar surface area (TPSA) is 83.0 Å². The molecule has 3 aromatic carbocycles. The van der Waals surface area contributed by atoms with Crippen molar-refractivity contribution >= 4 is 27.5 Å². The number of ether oxygens (including phenoxy) is 2. The second-order valence-electron chi connectivity index (χ2n) is 14.8. The van der Waals surface area contributed by atoms with Crippen molar-refractivity contribution in [3.8, 4) is 35.2 Å². The molecule has 8 nitrogen and oxygen atoms in total. The summed E-state index contributed by atoms with van der Waals surface area (Å²) < 4.78 is 71.2. The van der Waals surface area contributed by atoms with E-state index in [4.69, 9.17) is 25.9 Å². The van der Waals surface area contributed by atoms with E-state index in [1.807, 2.05) is 0 Å². The maximum atomic E-state index is 17.5. The summed E-state index contributed by atoms with van der Waals surface area (Å²) >= 11 is 0. The molecule has 4 aliphatic heterocycles. The van der Waals surface area contributed by atoms with Crippen LogP contribution in [0, 0.1) is 29.4 Å². The van der Waals surface area contributed by atoms with Gasteiger partial charge in [0.1, 0.15) is 22.9 Å². The third kappa shape index (κ3) is 5.66. The number of aromatic nitrogens is 2. The first kappa shape index (κ1) is 32.5. The smallest absolute Gasteiger partial charge is 0.319 e. The van der Waals surface area contributed by atoms with Crippen molar-refractivity contribution in [3.05, 3.63) is 64.2 Å². The van der Waals surface area contributed by atoms with Gasteiger partial charge in [0.2, 0.25) is 0 Å². The van der Waals surface area contributed by atoms with Crippen LogP contribution in [0.3, 0.4) is 0 Å². The van der Waals surface area contributed by atoms with Gasteiger partial charge in [-0.15, -0.1) is 6.42 Å². The quantitative estimate of drug-likeness (QED) is 0.161. The van der Waals surface area contributed by atoms with Crippen LogP contribution >= 0.6 is 0 Å². The van der Waals surface area contributed by atoms with Gasteiger partial charge >= 0.3 is 6.01 Å². The molecule has 1 aromatic heterocycles. The van der Waals surface area contributed by atoms with Crippen LogP contribution in [0.5, 0.6) is 11.8 Å². The van der Waals surface area contributed by atoms with Gasteiger partial charge in [0.25, 0.3) is 6.08 Å². The normalized spacial score (nSPS) is 22.4. The molecular formula is C39H37F4N5O3. The molecule has 2 N–H and O–H groups in total. The Hall–Kier alpha value is -4.44. The minimum Gasteiger partial charge on any atom is -0.508 e. The summed E-state index contributed by atoms with van der Waals surface area (Å²) in [5.41, 5.74) is 1.84. The highest BCUT2D eigenvalue weighted by molar-refractivity contribution is 6.06. The number of nitrogens with one attached hydrogen (secondary N) is 1. The molecule has 264 valence electrons. The van der Waals surface area contributed by atoms with Crippen molar-refractivity contribution in [2.24, 2.45) is 5.41 Å². The SMILES string of the molecule is C#Cc1c(F)ccc2cc(O)cc(-c3c4c(c5c(N6C[C@H]7CC[C@@H](C6)N7)nc(OCC6(CN7CCC(=C(F)F)CC7)CC6)nc5c3F)COC4)c12. The number of fused-ring (bicyclic) bond motifs is 6. The number of terminal acetylenes is 1. The first-order valence-electron chi connectivity index (χ1n) is 17.6. The Morgan fingerprint density at radius 3 is 2.49 bits per heavy atom. The van der Waals surface area contributed by atoms with Gasteiger partial charge in [-0.3, -0.25) is 0 Å². The van der Waals surface area contributed by atoms with E-state index in [1.54, 1.807) is 0 Å². The van der Waals surface area contributed by atoms with Gasteiger partial charge < -0.3 is 29.7 Å². The number of rotatable bonds is 7. The number of piperidine rings is 1. The molecule has 51 heavy (non-hydrogen) atoms. The summed E-state index contributed by atoms with van der Waals surface area (Å²) in [7, 11) is 0. The third-order valence-electron chi connectivity index (χ3n) is 11.5.